The van der Waals surface area contributed by atoms with E-state index in [9.17, 15) is 18.0 Å². The number of aromatic amines is 1. The number of hydrogen-bond acceptors (Lipinski definition) is 4. The quantitative estimate of drug-likeness (QED) is 0.636. The van der Waals surface area contributed by atoms with Gasteiger partial charge >= 0.3 is 6.18 Å². The molecule has 1 fully saturated rings. The Kier molecular flexibility index (Phi) is 6.23. The fourth-order valence-corrected chi connectivity index (χ4v) is 3.96. The number of nitrogens with one attached hydrogen (secondary N) is 1. The molecule has 1 aromatic heterocycles. The summed E-state index contributed by atoms with van der Waals surface area (Å²) in [5.74, 6) is 0.842. The summed E-state index contributed by atoms with van der Waals surface area (Å²) >= 11 is 0. The molecule has 5 nitrogen and oxygen atoms in total. The van der Waals surface area contributed by atoms with Gasteiger partial charge in [0, 0.05) is 56.2 Å². The van der Waals surface area contributed by atoms with E-state index in [1.54, 1.807) is 13.2 Å². The molecule has 1 N–H and O–H groups in total. The lowest BCUT2D eigenvalue weighted by Gasteiger charge is -2.36. The molecule has 0 aliphatic carbocycles. The normalized spacial score (nSPS) is 15.1. The van der Waals surface area contributed by atoms with E-state index in [0.29, 0.717) is 17.8 Å². The van der Waals surface area contributed by atoms with E-state index in [-0.39, 0.29) is 5.43 Å². The molecule has 1 aliphatic heterocycles. The highest BCUT2D eigenvalue weighted by Crippen LogP contribution is 2.31. The fraction of sp³-hybridized carbons (Fsp3) is 0.292. The zero-order valence-electron chi connectivity index (χ0n) is 17.7. The van der Waals surface area contributed by atoms with Gasteiger partial charge in [-0.25, -0.2) is 0 Å². The molecule has 0 saturated carbocycles. The third-order valence-corrected chi connectivity index (χ3v) is 5.61. The molecule has 8 heteroatoms. The standard InChI is InChI=1S/C24H24F3N3O2/c1-32-23-5-3-2-4-22(23)30-12-10-29(11-13-30)16-19-14-20(31)15-21(28-19)17-6-8-18(9-7-17)24(25,26)27/h2-9,14-15H,10-13,16H2,1H3,(H,28,31). The van der Waals surface area contributed by atoms with Crippen LogP contribution < -0.4 is 15.1 Å². The summed E-state index contributed by atoms with van der Waals surface area (Å²) in [6.07, 6.45) is -4.39. The van der Waals surface area contributed by atoms with Gasteiger partial charge in [0.2, 0.25) is 0 Å². The van der Waals surface area contributed by atoms with Crippen LogP contribution in [-0.2, 0) is 12.7 Å². The lowest BCUT2D eigenvalue weighted by molar-refractivity contribution is -0.137. The van der Waals surface area contributed by atoms with Crippen molar-refractivity contribution >= 4 is 5.69 Å². The zero-order chi connectivity index (χ0) is 22.7. The Hall–Kier alpha value is -3.26. The molecular weight excluding hydrogens is 419 g/mol. The van der Waals surface area contributed by atoms with Crippen molar-refractivity contribution in [2.45, 2.75) is 12.7 Å². The summed E-state index contributed by atoms with van der Waals surface area (Å²) in [7, 11) is 1.66. The highest BCUT2D eigenvalue weighted by Gasteiger charge is 2.30. The van der Waals surface area contributed by atoms with Crippen molar-refractivity contribution in [1.82, 2.24) is 9.88 Å². The van der Waals surface area contributed by atoms with E-state index in [1.807, 2.05) is 24.3 Å². The Morgan fingerprint density at radius 3 is 2.31 bits per heavy atom. The number of pyridine rings is 1. The molecule has 2 heterocycles. The zero-order valence-corrected chi connectivity index (χ0v) is 17.7. The number of hydrogen-bond donors (Lipinski definition) is 1. The van der Waals surface area contributed by atoms with Gasteiger partial charge in [-0.2, -0.15) is 13.2 Å². The lowest BCUT2D eigenvalue weighted by Crippen LogP contribution is -2.46. The van der Waals surface area contributed by atoms with Gasteiger partial charge in [-0.1, -0.05) is 24.3 Å². The van der Waals surface area contributed by atoms with Crippen LogP contribution in [0.1, 0.15) is 11.3 Å². The largest absolute Gasteiger partial charge is 0.495 e. The van der Waals surface area contributed by atoms with Crippen molar-refractivity contribution in [3.05, 3.63) is 82.1 Å². The molecule has 0 amide bonds. The molecule has 4 rings (SSSR count). The van der Waals surface area contributed by atoms with Crippen molar-refractivity contribution in [1.29, 1.82) is 0 Å². The SMILES string of the molecule is COc1ccccc1N1CCN(Cc2cc(=O)cc(-c3ccc(C(F)(F)F)cc3)[nH]2)CC1. The van der Waals surface area contributed by atoms with Gasteiger partial charge in [0.05, 0.1) is 18.4 Å². The topological polar surface area (TPSA) is 48.6 Å². The Labute approximate surface area is 184 Å². The number of nitrogens with zero attached hydrogens (tertiary/aromatic N) is 2. The summed E-state index contributed by atoms with van der Waals surface area (Å²) in [4.78, 5) is 19.9. The second-order valence-corrected chi connectivity index (χ2v) is 7.77. The first-order valence-corrected chi connectivity index (χ1v) is 10.3. The maximum Gasteiger partial charge on any atom is 0.416 e. The first-order chi connectivity index (χ1) is 15.3. The summed E-state index contributed by atoms with van der Waals surface area (Å²) in [5.41, 5.74) is 1.95. The Balaban J connectivity index is 1.44. The summed E-state index contributed by atoms with van der Waals surface area (Å²) in [5, 5.41) is 0. The van der Waals surface area contributed by atoms with E-state index in [1.165, 1.54) is 18.2 Å². The molecular formula is C24H24F3N3O2. The monoisotopic (exact) mass is 443 g/mol. The molecule has 0 radical (unpaired) electrons. The highest BCUT2D eigenvalue weighted by molar-refractivity contribution is 5.60. The van der Waals surface area contributed by atoms with Gasteiger partial charge < -0.3 is 14.6 Å². The maximum atomic E-state index is 12.8. The van der Waals surface area contributed by atoms with E-state index < -0.39 is 11.7 Å². The molecule has 3 aromatic rings. The Morgan fingerprint density at radius 1 is 0.969 bits per heavy atom. The second-order valence-electron chi connectivity index (χ2n) is 7.77. The predicted molar refractivity (Wildman–Crippen MR) is 118 cm³/mol. The van der Waals surface area contributed by atoms with Crippen LogP contribution in [0.5, 0.6) is 5.75 Å². The number of alkyl halides is 3. The van der Waals surface area contributed by atoms with Crippen LogP contribution in [0.4, 0.5) is 18.9 Å². The molecule has 0 bridgehead atoms. The van der Waals surface area contributed by atoms with Gasteiger partial charge in [0.15, 0.2) is 5.43 Å². The number of aromatic nitrogens is 1. The molecule has 168 valence electrons. The minimum atomic E-state index is -4.39. The summed E-state index contributed by atoms with van der Waals surface area (Å²) < 4.78 is 43.9. The van der Waals surface area contributed by atoms with Gasteiger partial charge in [-0.15, -0.1) is 0 Å². The number of benzene rings is 2. The van der Waals surface area contributed by atoms with Crippen molar-refractivity contribution in [3.8, 4) is 17.0 Å². The number of ether oxygens (including phenoxy) is 1. The lowest BCUT2D eigenvalue weighted by atomic mass is 10.1. The molecule has 32 heavy (non-hydrogen) atoms. The van der Waals surface area contributed by atoms with Crippen LogP contribution in [0, 0.1) is 0 Å². The average Bonchev–Trinajstić information content (AvgIpc) is 2.79. The fourth-order valence-electron chi connectivity index (χ4n) is 3.96. The van der Waals surface area contributed by atoms with Crippen LogP contribution in [0.25, 0.3) is 11.3 Å². The van der Waals surface area contributed by atoms with Gasteiger partial charge in [-0.3, -0.25) is 9.69 Å². The minimum absolute atomic E-state index is 0.179. The molecule has 2 aromatic carbocycles. The van der Waals surface area contributed by atoms with Crippen LogP contribution >= 0.6 is 0 Å². The first-order valence-electron chi connectivity index (χ1n) is 10.3. The molecule has 0 spiro atoms. The van der Waals surface area contributed by atoms with Crippen molar-refractivity contribution < 1.29 is 17.9 Å². The van der Waals surface area contributed by atoms with Crippen molar-refractivity contribution in [2.24, 2.45) is 0 Å². The smallest absolute Gasteiger partial charge is 0.416 e. The third kappa shape index (κ3) is 4.96. The average molecular weight is 443 g/mol. The number of rotatable bonds is 5. The predicted octanol–water partition coefficient (Wildman–Crippen LogP) is 4.39. The number of halogens is 3. The minimum Gasteiger partial charge on any atom is -0.495 e. The van der Waals surface area contributed by atoms with E-state index in [2.05, 4.69) is 14.8 Å². The number of anilines is 1. The van der Waals surface area contributed by atoms with Crippen LogP contribution in [0.3, 0.4) is 0 Å². The number of H-pyrrole nitrogens is 1. The summed E-state index contributed by atoms with van der Waals surface area (Å²) in [6.45, 7) is 3.82. The Morgan fingerprint density at radius 2 is 1.66 bits per heavy atom. The number of methoxy groups -OCH3 is 1. The van der Waals surface area contributed by atoms with E-state index in [0.717, 1.165) is 55.4 Å². The number of piperazine rings is 1. The van der Waals surface area contributed by atoms with Crippen molar-refractivity contribution in [2.75, 3.05) is 38.2 Å². The van der Waals surface area contributed by atoms with E-state index in [4.69, 9.17) is 4.74 Å². The van der Waals surface area contributed by atoms with Gasteiger partial charge in [0.25, 0.3) is 0 Å². The van der Waals surface area contributed by atoms with Gasteiger partial charge in [-0.05, 0) is 29.8 Å². The van der Waals surface area contributed by atoms with Crippen LogP contribution in [-0.4, -0.2) is 43.2 Å². The highest BCUT2D eigenvalue weighted by atomic mass is 19.4. The molecule has 0 atom stereocenters. The second kappa shape index (κ2) is 9.08. The van der Waals surface area contributed by atoms with Gasteiger partial charge in [0.1, 0.15) is 5.75 Å². The first kappa shape index (κ1) is 22.0. The molecule has 0 unspecified atom stereocenters. The van der Waals surface area contributed by atoms with E-state index >= 15 is 0 Å². The van der Waals surface area contributed by atoms with Crippen LogP contribution in [0.15, 0.2) is 65.5 Å². The molecule has 1 saturated heterocycles. The molecule has 1 aliphatic rings. The number of para-hydroxylation sites is 2. The Bertz CT molecular complexity index is 1120. The maximum absolute atomic E-state index is 12.8. The van der Waals surface area contributed by atoms with Crippen LogP contribution in [0.2, 0.25) is 0 Å². The summed E-state index contributed by atoms with van der Waals surface area (Å²) in [6, 6.07) is 15.7. The van der Waals surface area contributed by atoms with Crippen molar-refractivity contribution in [3.63, 3.8) is 0 Å². The third-order valence-electron chi connectivity index (χ3n) is 5.61.